The quantitative estimate of drug-likeness (QED) is 0.349. The van der Waals surface area contributed by atoms with Gasteiger partial charge in [0.2, 0.25) is 5.91 Å². The monoisotopic (exact) mass is 432 g/mol. The van der Waals surface area contributed by atoms with Crippen molar-refractivity contribution in [1.82, 2.24) is 0 Å². The third-order valence-electron chi connectivity index (χ3n) is 5.08. The Kier molecular flexibility index (Phi) is 8.99. The minimum absolute atomic E-state index is 0.109. The van der Waals surface area contributed by atoms with Crippen molar-refractivity contribution in [2.75, 3.05) is 23.8 Å². The second-order valence-electron chi connectivity index (χ2n) is 7.72. The zero-order valence-electron chi connectivity index (χ0n) is 18.8. The number of carbonyl (C=O) groups excluding carboxylic acids is 1. The van der Waals surface area contributed by atoms with E-state index in [1.165, 1.54) is 5.56 Å². The third kappa shape index (κ3) is 7.99. The van der Waals surface area contributed by atoms with E-state index >= 15 is 0 Å². The molecule has 3 rings (SSSR count). The fourth-order valence-electron chi connectivity index (χ4n) is 3.10. The first kappa shape index (κ1) is 23.2. The molecule has 0 saturated heterocycles. The smallest absolute Gasteiger partial charge is 0.243 e. The highest BCUT2D eigenvalue weighted by molar-refractivity contribution is 5.93. The van der Waals surface area contributed by atoms with E-state index in [9.17, 15) is 4.79 Å². The molecule has 1 unspecified atom stereocenters. The molecule has 3 aromatic rings. The maximum atomic E-state index is 12.2. The molecule has 0 spiro atoms. The number of anilines is 2. The van der Waals surface area contributed by atoms with Crippen LogP contribution in [-0.2, 0) is 11.2 Å². The van der Waals surface area contributed by atoms with Crippen LogP contribution < -0.4 is 20.1 Å². The molecule has 32 heavy (non-hydrogen) atoms. The van der Waals surface area contributed by atoms with Crippen molar-refractivity contribution in [3.05, 3.63) is 84.4 Å². The van der Waals surface area contributed by atoms with E-state index in [2.05, 4.69) is 41.8 Å². The highest BCUT2D eigenvalue weighted by atomic mass is 16.5. The van der Waals surface area contributed by atoms with Crippen molar-refractivity contribution < 1.29 is 14.3 Å². The minimum atomic E-state index is -0.109. The number of rotatable bonds is 12. The maximum Gasteiger partial charge on any atom is 0.243 e. The van der Waals surface area contributed by atoms with Gasteiger partial charge in [0.05, 0.1) is 19.3 Å². The molecule has 168 valence electrons. The Hall–Kier alpha value is -3.47. The van der Waals surface area contributed by atoms with Crippen LogP contribution in [0.5, 0.6) is 11.5 Å². The molecule has 0 fully saturated rings. The van der Waals surface area contributed by atoms with E-state index < -0.39 is 0 Å². The van der Waals surface area contributed by atoms with E-state index in [4.69, 9.17) is 9.47 Å². The normalized spacial score (nSPS) is 11.4. The fraction of sp³-hybridized carbons (Fsp3) is 0.296. The van der Waals surface area contributed by atoms with E-state index in [1.54, 1.807) is 0 Å². The standard InChI is InChI=1S/C27H32N2O3/c1-3-21(2)32-26-17-13-24(14-18-26)29-27(30)20-28-23-11-15-25(16-12-23)31-19-7-10-22-8-5-4-6-9-22/h4-6,8-9,11-18,21,28H,3,7,10,19-20H2,1-2H3,(H,29,30). The van der Waals surface area contributed by atoms with Crippen LogP contribution >= 0.6 is 0 Å². The summed E-state index contributed by atoms with van der Waals surface area (Å²) in [6.07, 6.45) is 3.09. The molecule has 0 aliphatic rings. The van der Waals surface area contributed by atoms with Crippen LogP contribution in [0.15, 0.2) is 78.9 Å². The molecule has 2 N–H and O–H groups in total. The van der Waals surface area contributed by atoms with Crippen molar-refractivity contribution in [2.45, 2.75) is 39.2 Å². The molecule has 0 bridgehead atoms. The van der Waals surface area contributed by atoms with Crippen LogP contribution in [0.1, 0.15) is 32.3 Å². The first-order valence-corrected chi connectivity index (χ1v) is 11.2. The van der Waals surface area contributed by atoms with Gasteiger partial charge in [-0.1, -0.05) is 37.3 Å². The number of carbonyl (C=O) groups is 1. The fourth-order valence-corrected chi connectivity index (χ4v) is 3.10. The van der Waals surface area contributed by atoms with Crippen molar-refractivity contribution in [3.8, 4) is 11.5 Å². The van der Waals surface area contributed by atoms with Crippen molar-refractivity contribution >= 4 is 17.3 Å². The van der Waals surface area contributed by atoms with E-state index in [1.807, 2.05) is 61.5 Å². The lowest BCUT2D eigenvalue weighted by atomic mass is 10.1. The van der Waals surface area contributed by atoms with Crippen molar-refractivity contribution in [2.24, 2.45) is 0 Å². The molecule has 0 saturated carbocycles. The number of nitrogens with one attached hydrogen (secondary N) is 2. The minimum Gasteiger partial charge on any atom is -0.494 e. The number of hydrogen-bond donors (Lipinski definition) is 2. The summed E-state index contributed by atoms with van der Waals surface area (Å²) in [6, 6.07) is 25.5. The number of hydrogen-bond acceptors (Lipinski definition) is 4. The third-order valence-corrected chi connectivity index (χ3v) is 5.08. The summed E-state index contributed by atoms with van der Waals surface area (Å²) in [7, 11) is 0. The summed E-state index contributed by atoms with van der Waals surface area (Å²) < 4.78 is 11.6. The summed E-state index contributed by atoms with van der Waals surface area (Å²) in [5.74, 6) is 1.52. The SMILES string of the molecule is CCC(C)Oc1ccc(NC(=O)CNc2ccc(OCCCc3ccccc3)cc2)cc1. The van der Waals surface area contributed by atoms with Gasteiger partial charge in [0.1, 0.15) is 11.5 Å². The highest BCUT2D eigenvalue weighted by Crippen LogP contribution is 2.18. The van der Waals surface area contributed by atoms with Gasteiger partial charge in [-0.3, -0.25) is 4.79 Å². The molecule has 0 aliphatic carbocycles. The first-order valence-electron chi connectivity index (χ1n) is 11.2. The largest absolute Gasteiger partial charge is 0.494 e. The summed E-state index contributed by atoms with van der Waals surface area (Å²) in [5, 5.41) is 6.02. The molecule has 0 aromatic heterocycles. The van der Waals surface area contributed by atoms with Gasteiger partial charge < -0.3 is 20.1 Å². The first-order chi connectivity index (χ1) is 15.6. The average molecular weight is 433 g/mol. The lowest BCUT2D eigenvalue weighted by Gasteiger charge is -2.13. The summed E-state index contributed by atoms with van der Waals surface area (Å²) in [4.78, 5) is 12.2. The Morgan fingerprint density at radius 1 is 0.875 bits per heavy atom. The van der Waals surface area contributed by atoms with Gasteiger partial charge in [-0.2, -0.15) is 0 Å². The molecule has 5 heteroatoms. The Labute approximate surface area is 190 Å². The van der Waals surface area contributed by atoms with Gasteiger partial charge >= 0.3 is 0 Å². The van der Waals surface area contributed by atoms with Gasteiger partial charge in [0, 0.05) is 11.4 Å². The summed E-state index contributed by atoms with van der Waals surface area (Å²) in [5.41, 5.74) is 2.94. The van der Waals surface area contributed by atoms with Crippen LogP contribution in [0.25, 0.3) is 0 Å². The Bertz CT molecular complexity index is 941. The number of benzene rings is 3. The Morgan fingerprint density at radius 2 is 1.53 bits per heavy atom. The summed E-state index contributed by atoms with van der Waals surface area (Å²) >= 11 is 0. The van der Waals surface area contributed by atoms with Crippen LogP contribution in [0.2, 0.25) is 0 Å². The number of amides is 1. The molecule has 5 nitrogen and oxygen atoms in total. The molecule has 0 heterocycles. The Balaban J connectivity index is 1.35. The van der Waals surface area contributed by atoms with Gasteiger partial charge in [0.15, 0.2) is 0 Å². The van der Waals surface area contributed by atoms with Gasteiger partial charge in [-0.25, -0.2) is 0 Å². The molecule has 0 radical (unpaired) electrons. The average Bonchev–Trinajstić information content (AvgIpc) is 2.83. The topological polar surface area (TPSA) is 59.6 Å². The lowest BCUT2D eigenvalue weighted by Crippen LogP contribution is -2.21. The zero-order chi connectivity index (χ0) is 22.6. The highest BCUT2D eigenvalue weighted by Gasteiger charge is 2.05. The zero-order valence-corrected chi connectivity index (χ0v) is 18.8. The van der Waals surface area contributed by atoms with Gasteiger partial charge in [-0.15, -0.1) is 0 Å². The molecular weight excluding hydrogens is 400 g/mol. The molecule has 1 atom stereocenters. The molecule has 1 amide bonds. The number of ether oxygens (including phenoxy) is 2. The second-order valence-corrected chi connectivity index (χ2v) is 7.72. The van der Waals surface area contributed by atoms with E-state index in [-0.39, 0.29) is 18.6 Å². The van der Waals surface area contributed by atoms with Gasteiger partial charge in [0.25, 0.3) is 0 Å². The van der Waals surface area contributed by atoms with Crippen molar-refractivity contribution in [3.63, 3.8) is 0 Å². The van der Waals surface area contributed by atoms with Crippen molar-refractivity contribution in [1.29, 1.82) is 0 Å². The predicted molar refractivity (Wildman–Crippen MR) is 131 cm³/mol. The van der Waals surface area contributed by atoms with Crippen LogP contribution in [-0.4, -0.2) is 25.2 Å². The Morgan fingerprint density at radius 3 is 2.22 bits per heavy atom. The van der Waals surface area contributed by atoms with E-state index in [0.717, 1.165) is 42.1 Å². The van der Waals surface area contributed by atoms with Crippen LogP contribution in [0.4, 0.5) is 11.4 Å². The molecular formula is C27H32N2O3. The maximum absolute atomic E-state index is 12.2. The van der Waals surface area contributed by atoms with Gasteiger partial charge in [-0.05, 0) is 80.3 Å². The van der Waals surface area contributed by atoms with E-state index in [0.29, 0.717) is 6.61 Å². The van der Waals surface area contributed by atoms with Crippen LogP contribution in [0.3, 0.4) is 0 Å². The number of aryl methyl sites for hydroxylation is 1. The molecule has 0 aliphatic heterocycles. The predicted octanol–water partition coefficient (Wildman–Crippen LogP) is 5.93. The van der Waals surface area contributed by atoms with Crippen LogP contribution in [0, 0.1) is 0 Å². The lowest BCUT2D eigenvalue weighted by molar-refractivity contribution is -0.114. The summed E-state index contributed by atoms with van der Waals surface area (Å²) in [6.45, 7) is 4.97. The molecule has 3 aromatic carbocycles. The second kappa shape index (κ2) is 12.4.